The average molecular weight is 452 g/mol. The number of carbonyl (C=O) groups is 4. The lowest BCUT2D eigenvalue weighted by molar-refractivity contribution is -0.150. The predicted molar refractivity (Wildman–Crippen MR) is 119 cm³/mol. The maximum Gasteiger partial charge on any atom is 0.344 e. The van der Waals surface area contributed by atoms with Crippen molar-refractivity contribution in [1.82, 2.24) is 0 Å². The molecular formula is C23H21N3O5S. The molecule has 2 aromatic carbocycles. The zero-order valence-electron chi connectivity index (χ0n) is 17.6. The molecule has 9 heteroatoms. The van der Waals surface area contributed by atoms with Crippen LogP contribution < -0.4 is 15.1 Å². The number of ether oxygens (including phenoxy) is 1. The number of hydrogen-bond acceptors (Lipinski definition) is 6. The Balaban J connectivity index is 1.39. The normalized spacial score (nSPS) is 22.7. The molecule has 2 aromatic rings. The van der Waals surface area contributed by atoms with Crippen molar-refractivity contribution in [3.63, 3.8) is 0 Å². The summed E-state index contributed by atoms with van der Waals surface area (Å²) in [6.45, 7) is 2.74. The van der Waals surface area contributed by atoms with Gasteiger partial charge in [0, 0.05) is 17.7 Å². The van der Waals surface area contributed by atoms with Gasteiger partial charge in [0.25, 0.3) is 5.91 Å². The summed E-state index contributed by atoms with van der Waals surface area (Å²) in [5.74, 6) is -1.62. The van der Waals surface area contributed by atoms with Gasteiger partial charge in [-0.1, -0.05) is 36.0 Å². The maximum absolute atomic E-state index is 13.2. The van der Waals surface area contributed by atoms with Crippen LogP contribution in [0.3, 0.4) is 0 Å². The van der Waals surface area contributed by atoms with E-state index >= 15 is 0 Å². The Kier molecular flexibility index (Phi) is 4.56. The SMILES string of the molecule is CC1(C)C(=O)Nc2ccccc2N1C(=O)COC(=O)[C@@]12CCC(=O)N1c1ccccc1S2. The quantitative estimate of drug-likeness (QED) is 0.721. The third kappa shape index (κ3) is 2.84. The molecule has 3 heterocycles. The summed E-state index contributed by atoms with van der Waals surface area (Å²) in [5, 5.41) is 2.80. The second-order valence-corrected chi connectivity index (χ2v) is 9.74. The molecule has 0 saturated carbocycles. The van der Waals surface area contributed by atoms with Gasteiger partial charge in [-0.25, -0.2) is 4.79 Å². The molecule has 5 rings (SSSR count). The summed E-state index contributed by atoms with van der Waals surface area (Å²) < 4.78 is 5.49. The number of fused-ring (bicyclic) bond motifs is 4. The Morgan fingerprint density at radius 1 is 1.06 bits per heavy atom. The number of anilines is 3. The van der Waals surface area contributed by atoms with Crippen LogP contribution in [0.5, 0.6) is 0 Å². The summed E-state index contributed by atoms with van der Waals surface area (Å²) >= 11 is 1.28. The number of benzene rings is 2. The van der Waals surface area contributed by atoms with E-state index in [-0.39, 0.29) is 18.2 Å². The van der Waals surface area contributed by atoms with Crippen LogP contribution in [-0.4, -0.2) is 40.7 Å². The Morgan fingerprint density at radius 2 is 1.75 bits per heavy atom. The van der Waals surface area contributed by atoms with Crippen molar-refractivity contribution in [2.75, 3.05) is 21.7 Å². The van der Waals surface area contributed by atoms with Crippen molar-refractivity contribution in [1.29, 1.82) is 0 Å². The van der Waals surface area contributed by atoms with E-state index in [1.165, 1.54) is 21.6 Å². The lowest BCUT2D eigenvalue weighted by Crippen LogP contribution is -2.59. The molecule has 0 radical (unpaired) electrons. The minimum Gasteiger partial charge on any atom is -0.453 e. The first-order valence-corrected chi connectivity index (χ1v) is 11.1. The van der Waals surface area contributed by atoms with E-state index in [2.05, 4.69) is 5.32 Å². The first-order valence-electron chi connectivity index (χ1n) is 10.3. The molecule has 1 saturated heterocycles. The molecule has 0 spiro atoms. The molecule has 0 aromatic heterocycles. The molecule has 1 N–H and O–H groups in total. The maximum atomic E-state index is 13.2. The van der Waals surface area contributed by atoms with Crippen LogP contribution in [0.1, 0.15) is 26.7 Å². The molecule has 164 valence electrons. The van der Waals surface area contributed by atoms with Crippen LogP contribution in [0.15, 0.2) is 53.4 Å². The van der Waals surface area contributed by atoms with Crippen LogP contribution >= 0.6 is 11.8 Å². The second-order valence-electron chi connectivity index (χ2n) is 8.42. The Bertz CT molecular complexity index is 1180. The van der Waals surface area contributed by atoms with Crippen molar-refractivity contribution in [2.45, 2.75) is 42.0 Å². The van der Waals surface area contributed by atoms with Crippen LogP contribution in [0.2, 0.25) is 0 Å². The molecule has 1 fully saturated rings. The van der Waals surface area contributed by atoms with Crippen LogP contribution in [0.4, 0.5) is 17.1 Å². The summed E-state index contributed by atoms with van der Waals surface area (Å²) in [5.41, 5.74) is 0.580. The molecule has 3 aliphatic heterocycles. The number of esters is 1. The van der Waals surface area contributed by atoms with Crippen molar-refractivity contribution in [3.8, 4) is 0 Å². The molecule has 32 heavy (non-hydrogen) atoms. The minimum atomic E-state index is -1.20. The van der Waals surface area contributed by atoms with E-state index in [1.807, 2.05) is 18.2 Å². The standard InChI is InChI=1S/C23H21N3O5S/c1-22(2)20(29)24-14-7-3-4-8-15(14)25(22)19(28)13-31-21(30)23-12-11-18(27)26(23)16-9-5-6-10-17(16)32-23/h3-10H,11-13H2,1-2H3,(H,24,29)/t23-/m0/s1. The summed E-state index contributed by atoms with van der Waals surface area (Å²) in [6.07, 6.45) is 0.537. The van der Waals surface area contributed by atoms with Gasteiger partial charge in [-0.3, -0.25) is 24.2 Å². The highest BCUT2D eigenvalue weighted by Gasteiger charge is 2.58. The van der Waals surface area contributed by atoms with Gasteiger partial charge in [0.1, 0.15) is 5.54 Å². The zero-order valence-corrected chi connectivity index (χ0v) is 18.4. The highest BCUT2D eigenvalue weighted by Crippen LogP contribution is 2.56. The largest absolute Gasteiger partial charge is 0.453 e. The number of rotatable bonds is 3. The van der Waals surface area contributed by atoms with Crippen LogP contribution in [-0.2, 0) is 23.9 Å². The van der Waals surface area contributed by atoms with Crippen LogP contribution in [0, 0.1) is 0 Å². The van der Waals surface area contributed by atoms with Crippen molar-refractivity contribution < 1.29 is 23.9 Å². The Hall–Kier alpha value is -3.33. The number of carbonyl (C=O) groups excluding carboxylic acids is 4. The van der Waals surface area contributed by atoms with E-state index in [4.69, 9.17) is 4.74 Å². The van der Waals surface area contributed by atoms with Gasteiger partial charge in [-0.05, 0) is 38.1 Å². The van der Waals surface area contributed by atoms with E-state index in [9.17, 15) is 19.2 Å². The number of para-hydroxylation sites is 3. The number of nitrogens with one attached hydrogen (secondary N) is 1. The van der Waals surface area contributed by atoms with Gasteiger partial charge in [0.05, 0.1) is 17.1 Å². The van der Waals surface area contributed by atoms with E-state index in [0.717, 1.165) is 4.90 Å². The molecule has 1 atom stereocenters. The molecule has 3 aliphatic rings. The third-order valence-corrected chi connectivity index (χ3v) is 7.53. The smallest absolute Gasteiger partial charge is 0.344 e. The zero-order chi connectivity index (χ0) is 22.7. The number of amides is 3. The van der Waals surface area contributed by atoms with E-state index in [0.29, 0.717) is 23.5 Å². The average Bonchev–Trinajstić information content (AvgIpc) is 3.28. The van der Waals surface area contributed by atoms with Gasteiger partial charge < -0.3 is 10.1 Å². The number of nitrogens with zero attached hydrogens (tertiary/aromatic N) is 2. The van der Waals surface area contributed by atoms with Crippen molar-refractivity contribution in [3.05, 3.63) is 48.5 Å². The highest BCUT2D eigenvalue weighted by molar-refractivity contribution is 8.02. The van der Waals surface area contributed by atoms with Gasteiger partial charge >= 0.3 is 5.97 Å². The van der Waals surface area contributed by atoms with Crippen molar-refractivity contribution in [2.24, 2.45) is 0 Å². The van der Waals surface area contributed by atoms with Crippen LogP contribution in [0.25, 0.3) is 0 Å². The monoisotopic (exact) mass is 451 g/mol. The lowest BCUT2D eigenvalue weighted by Gasteiger charge is -2.42. The fourth-order valence-electron chi connectivity index (χ4n) is 4.48. The Labute approximate surface area is 188 Å². The first-order chi connectivity index (χ1) is 15.3. The topological polar surface area (TPSA) is 96.0 Å². The highest BCUT2D eigenvalue weighted by atomic mass is 32.2. The van der Waals surface area contributed by atoms with Gasteiger partial charge in [-0.15, -0.1) is 0 Å². The fraction of sp³-hybridized carbons (Fsp3) is 0.304. The number of hydrogen-bond donors (Lipinski definition) is 1. The lowest BCUT2D eigenvalue weighted by atomic mass is 9.96. The van der Waals surface area contributed by atoms with Gasteiger partial charge in [-0.2, -0.15) is 0 Å². The molecule has 0 unspecified atom stereocenters. The first kappa shape index (κ1) is 20.6. The van der Waals surface area contributed by atoms with Gasteiger partial charge in [0.2, 0.25) is 11.8 Å². The van der Waals surface area contributed by atoms with Crippen molar-refractivity contribution >= 4 is 52.5 Å². The molecular weight excluding hydrogens is 430 g/mol. The predicted octanol–water partition coefficient (Wildman–Crippen LogP) is 2.92. The Morgan fingerprint density at radius 3 is 2.53 bits per heavy atom. The minimum absolute atomic E-state index is 0.145. The fourth-order valence-corrected chi connectivity index (χ4v) is 5.89. The van der Waals surface area contributed by atoms with Gasteiger partial charge in [0.15, 0.2) is 11.5 Å². The molecule has 0 bridgehead atoms. The van der Waals surface area contributed by atoms with E-state index < -0.39 is 28.9 Å². The summed E-state index contributed by atoms with van der Waals surface area (Å²) in [4.78, 5) is 54.1. The summed E-state index contributed by atoms with van der Waals surface area (Å²) in [7, 11) is 0. The number of thioether (sulfide) groups is 1. The molecule has 3 amide bonds. The molecule has 8 nitrogen and oxygen atoms in total. The molecule has 0 aliphatic carbocycles. The second kappa shape index (κ2) is 7.09. The third-order valence-electron chi connectivity index (χ3n) is 6.08. The van der Waals surface area contributed by atoms with E-state index in [1.54, 1.807) is 44.2 Å². The summed E-state index contributed by atoms with van der Waals surface area (Å²) in [6, 6.07) is 14.3.